The third kappa shape index (κ3) is 6.33. The quantitative estimate of drug-likeness (QED) is 0.646. The Labute approximate surface area is 191 Å². The molecule has 0 unspecified atom stereocenters. The molecule has 32 heavy (non-hydrogen) atoms. The summed E-state index contributed by atoms with van der Waals surface area (Å²) in [7, 11) is 1.59. The van der Waals surface area contributed by atoms with E-state index in [1.54, 1.807) is 19.3 Å². The molecular weight excluding hydrogens is 406 g/mol. The summed E-state index contributed by atoms with van der Waals surface area (Å²) in [6.45, 7) is 10.7. The van der Waals surface area contributed by atoms with E-state index in [-0.39, 0.29) is 17.4 Å². The molecule has 2 fully saturated rings. The molecule has 1 saturated heterocycles. The molecule has 2 N–H and O–H groups in total. The highest BCUT2D eigenvalue weighted by Gasteiger charge is 2.34. The van der Waals surface area contributed by atoms with E-state index in [1.165, 1.54) is 0 Å². The van der Waals surface area contributed by atoms with Crippen LogP contribution in [0.15, 0.2) is 24.8 Å². The number of ether oxygens (including phenoxy) is 2. The van der Waals surface area contributed by atoms with Crippen molar-refractivity contribution >= 4 is 17.9 Å². The number of nitrogens with one attached hydrogen (secondary N) is 2. The number of amides is 2. The van der Waals surface area contributed by atoms with E-state index in [2.05, 4.69) is 17.2 Å². The topological polar surface area (TPSA) is 79.9 Å². The summed E-state index contributed by atoms with van der Waals surface area (Å²) in [5, 5.41) is 6.52. The molecule has 3 rings (SSSR count). The van der Waals surface area contributed by atoms with Crippen LogP contribution in [0.5, 0.6) is 5.75 Å². The second-order valence-corrected chi connectivity index (χ2v) is 9.42. The number of rotatable bonds is 8. The maximum atomic E-state index is 12.7. The summed E-state index contributed by atoms with van der Waals surface area (Å²) in [5.74, 6) is 1.15. The minimum Gasteiger partial charge on any atom is -0.497 e. The van der Waals surface area contributed by atoms with Crippen molar-refractivity contribution in [3.05, 3.63) is 35.9 Å². The molecule has 0 bridgehead atoms. The highest BCUT2D eigenvalue weighted by molar-refractivity contribution is 5.95. The van der Waals surface area contributed by atoms with E-state index in [4.69, 9.17) is 9.47 Å². The Morgan fingerprint density at radius 2 is 2.00 bits per heavy atom. The average Bonchev–Trinajstić information content (AvgIpc) is 2.80. The third-order valence-electron chi connectivity index (χ3n) is 6.55. The number of carbonyl (C=O) groups excluding carboxylic acids is 2. The summed E-state index contributed by atoms with van der Waals surface area (Å²) in [4.78, 5) is 27.2. The van der Waals surface area contributed by atoms with Gasteiger partial charge in [0.25, 0.3) is 5.91 Å². The lowest BCUT2D eigenvalue weighted by Gasteiger charge is -2.42. The molecule has 1 aliphatic carbocycles. The van der Waals surface area contributed by atoms with Crippen molar-refractivity contribution in [2.24, 2.45) is 5.92 Å². The van der Waals surface area contributed by atoms with Crippen LogP contribution in [0.25, 0.3) is 6.08 Å². The van der Waals surface area contributed by atoms with Gasteiger partial charge >= 0.3 is 0 Å². The van der Waals surface area contributed by atoms with E-state index < -0.39 is 0 Å². The first-order valence-electron chi connectivity index (χ1n) is 11.5. The standard InChI is InChI=1S/C25H37N3O4/c1-5-18-12-20(14-22(13-18)31-4)24(30)27-15-19-6-8-21(9-7-19)26-16-23(29)28-10-11-32-17-25(28,2)3/h5,12-14,19,21,26H,1,6-11,15-17H2,2-4H3,(H,27,30). The van der Waals surface area contributed by atoms with Gasteiger partial charge in [-0.1, -0.05) is 12.7 Å². The summed E-state index contributed by atoms with van der Waals surface area (Å²) in [6.07, 6.45) is 5.80. The monoisotopic (exact) mass is 443 g/mol. The van der Waals surface area contributed by atoms with E-state index in [0.29, 0.717) is 56.1 Å². The van der Waals surface area contributed by atoms with Crippen molar-refractivity contribution < 1.29 is 19.1 Å². The maximum absolute atomic E-state index is 12.7. The number of nitrogens with zero attached hydrogens (tertiary/aromatic N) is 1. The zero-order chi connectivity index (χ0) is 23.1. The summed E-state index contributed by atoms with van der Waals surface area (Å²) in [6, 6.07) is 5.76. The molecule has 7 heteroatoms. The first kappa shape index (κ1) is 24.3. The van der Waals surface area contributed by atoms with E-state index in [9.17, 15) is 9.59 Å². The van der Waals surface area contributed by atoms with Gasteiger partial charge in [-0.05, 0) is 69.2 Å². The zero-order valence-electron chi connectivity index (χ0n) is 19.6. The van der Waals surface area contributed by atoms with Crippen molar-refractivity contribution in [1.29, 1.82) is 0 Å². The van der Waals surface area contributed by atoms with Crippen molar-refractivity contribution in [3.8, 4) is 5.75 Å². The Hall–Kier alpha value is -2.38. The number of benzene rings is 1. The number of morpholine rings is 1. The lowest BCUT2D eigenvalue weighted by atomic mass is 9.86. The van der Waals surface area contributed by atoms with Gasteiger partial charge in [0.1, 0.15) is 5.75 Å². The van der Waals surface area contributed by atoms with Gasteiger partial charge in [-0.3, -0.25) is 9.59 Å². The second kappa shape index (κ2) is 11.0. The van der Waals surface area contributed by atoms with Crippen LogP contribution < -0.4 is 15.4 Å². The van der Waals surface area contributed by atoms with Crippen LogP contribution in [0.3, 0.4) is 0 Å². The van der Waals surface area contributed by atoms with Crippen LogP contribution in [-0.2, 0) is 9.53 Å². The molecule has 0 radical (unpaired) electrons. The smallest absolute Gasteiger partial charge is 0.251 e. The predicted molar refractivity (Wildman–Crippen MR) is 126 cm³/mol. The van der Waals surface area contributed by atoms with Gasteiger partial charge in [-0.2, -0.15) is 0 Å². The SMILES string of the molecule is C=Cc1cc(OC)cc(C(=O)NCC2CCC(NCC(=O)N3CCOCC3(C)C)CC2)c1. The Kier molecular flexibility index (Phi) is 8.32. The summed E-state index contributed by atoms with van der Waals surface area (Å²) < 4.78 is 10.8. The highest BCUT2D eigenvalue weighted by Crippen LogP contribution is 2.25. The van der Waals surface area contributed by atoms with Crippen LogP contribution in [0.1, 0.15) is 55.5 Å². The van der Waals surface area contributed by atoms with Gasteiger partial charge < -0.3 is 25.0 Å². The third-order valence-corrected chi connectivity index (χ3v) is 6.55. The van der Waals surface area contributed by atoms with E-state index in [1.807, 2.05) is 30.9 Å². The van der Waals surface area contributed by atoms with Crippen LogP contribution >= 0.6 is 0 Å². The Morgan fingerprint density at radius 1 is 1.25 bits per heavy atom. The van der Waals surface area contributed by atoms with Crippen LogP contribution in [0.4, 0.5) is 0 Å². The molecule has 2 amide bonds. The van der Waals surface area contributed by atoms with Gasteiger partial charge in [0.15, 0.2) is 0 Å². The molecule has 1 heterocycles. The van der Waals surface area contributed by atoms with Gasteiger partial charge in [0.2, 0.25) is 5.91 Å². The Balaban J connectivity index is 1.40. The Bertz CT molecular complexity index is 815. The molecule has 176 valence electrons. The van der Waals surface area contributed by atoms with Crippen LogP contribution in [0.2, 0.25) is 0 Å². The molecule has 0 aromatic heterocycles. The maximum Gasteiger partial charge on any atom is 0.251 e. The van der Waals surface area contributed by atoms with E-state index >= 15 is 0 Å². The molecule has 0 spiro atoms. The molecule has 1 aromatic carbocycles. The molecule has 1 aliphatic heterocycles. The number of methoxy groups -OCH3 is 1. The van der Waals surface area contributed by atoms with Crippen LogP contribution in [-0.4, -0.2) is 68.3 Å². The minimum atomic E-state index is -0.248. The molecule has 7 nitrogen and oxygen atoms in total. The van der Waals surface area contributed by atoms with Crippen molar-refractivity contribution in [2.75, 3.05) is 40.0 Å². The summed E-state index contributed by atoms with van der Waals surface area (Å²) in [5.41, 5.74) is 1.19. The predicted octanol–water partition coefficient (Wildman–Crippen LogP) is 2.85. The zero-order valence-corrected chi connectivity index (χ0v) is 19.6. The lowest BCUT2D eigenvalue weighted by molar-refractivity contribution is -0.145. The van der Waals surface area contributed by atoms with Gasteiger partial charge in [0, 0.05) is 24.7 Å². The number of hydrogen-bond acceptors (Lipinski definition) is 5. The summed E-state index contributed by atoms with van der Waals surface area (Å²) >= 11 is 0. The molecule has 1 aromatic rings. The second-order valence-electron chi connectivity index (χ2n) is 9.42. The van der Waals surface area contributed by atoms with Gasteiger partial charge in [-0.25, -0.2) is 0 Å². The van der Waals surface area contributed by atoms with Crippen molar-refractivity contribution in [2.45, 2.75) is 51.1 Å². The molecule has 0 atom stereocenters. The molecule has 1 saturated carbocycles. The van der Waals surface area contributed by atoms with Gasteiger partial charge in [0.05, 0.1) is 32.4 Å². The minimum absolute atomic E-state index is 0.0917. The first-order valence-corrected chi connectivity index (χ1v) is 11.5. The average molecular weight is 444 g/mol. The molecule has 2 aliphatic rings. The normalized spacial score (nSPS) is 22.8. The van der Waals surface area contributed by atoms with Gasteiger partial charge in [-0.15, -0.1) is 0 Å². The van der Waals surface area contributed by atoms with Crippen molar-refractivity contribution in [3.63, 3.8) is 0 Å². The Morgan fingerprint density at radius 3 is 2.66 bits per heavy atom. The fraction of sp³-hybridized carbons (Fsp3) is 0.600. The molecular formula is C25H37N3O4. The lowest BCUT2D eigenvalue weighted by Crippen LogP contribution is -2.57. The first-order chi connectivity index (χ1) is 15.3. The number of carbonyl (C=O) groups is 2. The van der Waals surface area contributed by atoms with Crippen LogP contribution in [0, 0.1) is 5.92 Å². The largest absolute Gasteiger partial charge is 0.497 e. The van der Waals surface area contributed by atoms with E-state index in [0.717, 1.165) is 31.2 Å². The highest BCUT2D eigenvalue weighted by atomic mass is 16.5. The fourth-order valence-electron chi connectivity index (χ4n) is 4.55. The fourth-order valence-corrected chi connectivity index (χ4v) is 4.55. The van der Waals surface area contributed by atoms with Crippen molar-refractivity contribution in [1.82, 2.24) is 15.5 Å². The number of hydrogen-bond donors (Lipinski definition) is 2.